The van der Waals surface area contributed by atoms with E-state index in [-0.39, 0.29) is 0 Å². The van der Waals surface area contributed by atoms with Gasteiger partial charge in [0.2, 0.25) is 0 Å². The molecule has 0 spiro atoms. The number of hydrogen-bond donors (Lipinski definition) is 0. The van der Waals surface area contributed by atoms with E-state index in [1.54, 1.807) is 25.3 Å². The first-order valence-corrected chi connectivity index (χ1v) is 7.03. The first-order chi connectivity index (χ1) is 10.2. The van der Waals surface area contributed by atoms with E-state index in [1.165, 1.54) is 0 Å². The molecule has 0 saturated heterocycles. The van der Waals surface area contributed by atoms with Crippen molar-refractivity contribution in [2.75, 3.05) is 7.11 Å². The van der Waals surface area contributed by atoms with E-state index < -0.39 is 0 Å². The number of hydrogen-bond acceptors (Lipinski definition) is 4. The number of aldehydes is 1. The molecule has 5 heteroatoms. The number of carbonyl (C=O) groups is 1. The Kier molecular flexibility index (Phi) is 4.98. The molecule has 0 bridgehead atoms. The fraction of sp³-hybridized carbons (Fsp3) is 0.375. The number of carbonyl (C=O) groups excluding carboxylic acids is 1. The van der Waals surface area contributed by atoms with Crippen molar-refractivity contribution in [1.82, 2.24) is 9.78 Å². The van der Waals surface area contributed by atoms with Crippen LogP contribution < -0.4 is 9.47 Å². The fourth-order valence-electron chi connectivity index (χ4n) is 2.11. The van der Waals surface area contributed by atoms with Gasteiger partial charge >= 0.3 is 0 Å². The highest BCUT2D eigenvalue weighted by molar-refractivity contribution is 5.76. The Morgan fingerprint density at radius 2 is 2.05 bits per heavy atom. The molecule has 0 saturated carbocycles. The predicted octanol–water partition coefficient (Wildman–Crippen LogP) is 2.87. The molecule has 1 heterocycles. The van der Waals surface area contributed by atoms with Crippen molar-refractivity contribution in [1.29, 1.82) is 0 Å². The van der Waals surface area contributed by atoms with Crippen molar-refractivity contribution >= 4 is 6.29 Å². The highest BCUT2D eigenvalue weighted by atomic mass is 16.5. The standard InChI is InChI=1S/C16H20N2O3/c1-4-13-9-14(18(5-2)17-13)11-21-15-7-6-12(10-19)8-16(15)20-3/h6-10H,4-5,11H2,1-3H3. The summed E-state index contributed by atoms with van der Waals surface area (Å²) >= 11 is 0. The SMILES string of the molecule is CCc1cc(COc2ccc(C=O)cc2OC)n(CC)n1. The van der Waals surface area contributed by atoms with Crippen molar-refractivity contribution in [3.05, 3.63) is 41.2 Å². The molecule has 112 valence electrons. The fourth-order valence-corrected chi connectivity index (χ4v) is 2.11. The number of nitrogens with zero attached hydrogens (tertiary/aromatic N) is 2. The van der Waals surface area contributed by atoms with E-state index >= 15 is 0 Å². The molecule has 21 heavy (non-hydrogen) atoms. The van der Waals surface area contributed by atoms with Gasteiger partial charge in [-0.3, -0.25) is 9.48 Å². The summed E-state index contributed by atoms with van der Waals surface area (Å²) in [6.45, 7) is 5.35. The minimum atomic E-state index is 0.414. The highest BCUT2D eigenvalue weighted by Gasteiger charge is 2.09. The van der Waals surface area contributed by atoms with E-state index in [0.29, 0.717) is 23.7 Å². The number of aryl methyl sites for hydroxylation is 2. The smallest absolute Gasteiger partial charge is 0.161 e. The van der Waals surface area contributed by atoms with E-state index in [9.17, 15) is 4.79 Å². The van der Waals surface area contributed by atoms with Crippen LogP contribution in [0.15, 0.2) is 24.3 Å². The Morgan fingerprint density at radius 3 is 2.67 bits per heavy atom. The lowest BCUT2D eigenvalue weighted by molar-refractivity contribution is 0.112. The Bertz CT molecular complexity index is 620. The summed E-state index contributed by atoms with van der Waals surface area (Å²) in [7, 11) is 1.56. The lowest BCUT2D eigenvalue weighted by Crippen LogP contribution is -2.06. The molecule has 1 aromatic heterocycles. The minimum absolute atomic E-state index is 0.414. The molecule has 0 aliphatic rings. The van der Waals surface area contributed by atoms with Crippen LogP contribution in [0, 0.1) is 0 Å². The van der Waals surface area contributed by atoms with Gasteiger partial charge in [0.1, 0.15) is 12.9 Å². The zero-order valence-corrected chi connectivity index (χ0v) is 12.6. The molecule has 0 radical (unpaired) electrons. The van der Waals surface area contributed by atoms with Crippen LogP contribution in [0.2, 0.25) is 0 Å². The third-order valence-electron chi connectivity index (χ3n) is 3.28. The van der Waals surface area contributed by atoms with Gasteiger partial charge in [-0.05, 0) is 37.6 Å². The van der Waals surface area contributed by atoms with Crippen LogP contribution in [0.5, 0.6) is 11.5 Å². The molecule has 2 rings (SSSR count). The van der Waals surface area contributed by atoms with Crippen LogP contribution in [0.1, 0.15) is 35.6 Å². The van der Waals surface area contributed by atoms with Gasteiger partial charge in [0.15, 0.2) is 11.5 Å². The second-order valence-electron chi connectivity index (χ2n) is 4.61. The largest absolute Gasteiger partial charge is 0.493 e. The van der Waals surface area contributed by atoms with Gasteiger partial charge in [-0.2, -0.15) is 5.10 Å². The molecule has 0 aliphatic carbocycles. The predicted molar refractivity (Wildman–Crippen MR) is 80.0 cm³/mol. The Hall–Kier alpha value is -2.30. The van der Waals surface area contributed by atoms with Crippen LogP contribution in [0.25, 0.3) is 0 Å². The Morgan fingerprint density at radius 1 is 1.24 bits per heavy atom. The average molecular weight is 288 g/mol. The monoisotopic (exact) mass is 288 g/mol. The maximum Gasteiger partial charge on any atom is 0.161 e. The summed E-state index contributed by atoms with van der Waals surface area (Å²) in [6, 6.07) is 7.17. The Labute approximate surface area is 124 Å². The van der Waals surface area contributed by atoms with Crippen LogP contribution in [0.4, 0.5) is 0 Å². The quantitative estimate of drug-likeness (QED) is 0.735. The summed E-state index contributed by atoms with van der Waals surface area (Å²) in [5.74, 6) is 1.17. The summed E-state index contributed by atoms with van der Waals surface area (Å²) in [5, 5.41) is 4.49. The maximum atomic E-state index is 10.8. The van der Waals surface area contributed by atoms with Crippen molar-refractivity contribution in [3.8, 4) is 11.5 Å². The van der Waals surface area contributed by atoms with E-state index in [4.69, 9.17) is 9.47 Å². The molecule has 1 aromatic carbocycles. The molecule has 0 unspecified atom stereocenters. The molecule has 0 aliphatic heterocycles. The normalized spacial score (nSPS) is 10.4. The molecule has 0 atom stereocenters. The number of aromatic nitrogens is 2. The lowest BCUT2D eigenvalue weighted by Gasteiger charge is -2.11. The number of methoxy groups -OCH3 is 1. The molecule has 0 amide bonds. The topological polar surface area (TPSA) is 53.4 Å². The minimum Gasteiger partial charge on any atom is -0.493 e. The molecule has 0 N–H and O–H groups in total. The number of rotatable bonds is 7. The first kappa shape index (κ1) is 15.1. The second kappa shape index (κ2) is 6.92. The third-order valence-corrected chi connectivity index (χ3v) is 3.28. The van der Waals surface area contributed by atoms with Gasteiger partial charge in [-0.25, -0.2) is 0 Å². The van der Waals surface area contributed by atoms with Gasteiger partial charge in [0.05, 0.1) is 18.5 Å². The molecule has 0 fully saturated rings. The van der Waals surface area contributed by atoms with Crippen molar-refractivity contribution in [3.63, 3.8) is 0 Å². The number of benzene rings is 1. The number of ether oxygens (including phenoxy) is 2. The maximum absolute atomic E-state index is 10.8. The van der Waals surface area contributed by atoms with Gasteiger partial charge in [0, 0.05) is 12.1 Å². The van der Waals surface area contributed by atoms with Crippen LogP contribution >= 0.6 is 0 Å². The summed E-state index contributed by atoms with van der Waals surface area (Å²) in [4.78, 5) is 10.8. The average Bonchev–Trinajstić information content (AvgIpc) is 2.95. The summed E-state index contributed by atoms with van der Waals surface area (Å²) in [5.41, 5.74) is 2.64. The zero-order chi connectivity index (χ0) is 15.2. The van der Waals surface area contributed by atoms with Crippen LogP contribution in [-0.4, -0.2) is 23.2 Å². The molecular formula is C16H20N2O3. The molecule has 5 nitrogen and oxygen atoms in total. The molecular weight excluding hydrogens is 268 g/mol. The van der Waals surface area contributed by atoms with Crippen molar-refractivity contribution < 1.29 is 14.3 Å². The molecule has 2 aromatic rings. The van der Waals surface area contributed by atoms with Gasteiger partial charge in [0.25, 0.3) is 0 Å². The third kappa shape index (κ3) is 3.42. The van der Waals surface area contributed by atoms with Crippen LogP contribution in [-0.2, 0) is 19.6 Å². The first-order valence-electron chi connectivity index (χ1n) is 7.03. The van der Waals surface area contributed by atoms with E-state index in [1.807, 2.05) is 4.68 Å². The van der Waals surface area contributed by atoms with E-state index in [2.05, 4.69) is 25.0 Å². The Balaban J connectivity index is 2.16. The zero-order valence-electron chi connectivity index (χ0n) is 12.6. The second-order valence-corrected chi connectivity index (χ2v) is 4.61. The van der Waals surface area contributed by atoms with Gasteiger partial charge < -0.3 is 9.47 Å². The van der Waals surface area contributed by atoms with Gasteiger partial charge in [-0.15, -0.1) is 0 Å². The van der Waals surface area contributed by atoms with Crippen LogP contribution in [0.3, 0.4) is 0 Å². The van der Waals surface area contributed by atoms with E-state index in [0.717, 1.165) is 30.6 Å². The summed E-state index contributed by atoms with van der Waals surface area (Å²) in [6.07, 6.45) is 1.68. The highest BCUT2D eigenvalue weighted by Crippen LogP contribution is 2.28. The summed E-state index contributed by atoms with van der Waals surface area (Å²) < 4.78 is 13.0. The van der Waals surface area contributed by atoms with Gasteiger partial charge in [-0.1, -0.05) is 6.92 Å². The van der Waals surface area contributed by atoms with Crippen molar-refractivity contribution in [2.24, 2.45) is 0 Å². The lowest BCUT2D eigenvalue weighted by atomic mass is 10.2. The van der Waals surface area contributed by atoms with Crippen molar-refractivity contribution in [2.45, 2.75) is 33.4 Å².